The van der Waals surface area contributed by atoms with E-state index in [2.05, 4.69) is 0 Å². The molecule has 1 rings (SSSR count). The Bertz CT molecular complexity index is 366. The first-order valence-electron chi connectivity index (χ1n) is 4.19. The second-order valence-corrected chi connectivity index (χ2v) is 3.21. The van der Waals surface area contributed by atoms with Crippen molar-refractivity contribution in [3.63, 3.8) is 0 Å². The fourth-order valence-corrected chi connectivity index (χ4v) is 1.23. The number of aryl methyl sites for hydroxylation is 1. The molecule has 0 saturated carbocycles. The van der Waals surface area contributed by atoms with Crippen LogP contribution in [0.5, 0.6) is 0 Å². The highest BCUT2D eigenvalue weighted by Crippen LogP contribution is 2.12. The lowest BCUT2D eigenvalue weighted by Gasteiger charge is -2.04. The molecule has 13 heavy (non-hydrogen) atoms. The van der Waals surface area contributed by atoms with Gasteiger partial charge in [-0.1, -0.05) is 12.1 Å². The monoisotopic (exact) mass is 175 g/mol. The van der Waals surface area contributed by atoms with E-state index in [1.807, 2.05) is 19.1 Å². The molecule has 0 amide bonds. The molecule has 0 aliphatic rings. The first-order valence-corrected chi connectivity index (χ1v) is 4.19. The molecule has 0 heterocycles. The molecule has 0 radical (unpaired) electrons. The molecule has 1 aromatic rings. The summed E-state index contributed by atoms with van der Waals surface area (Å²) < 4.78 is 0. The molecule has 0 atom stereocenters. The van der Waals surface area contributed by atoms with Gasteiger partial charge in [0.15, 0.2) is 5.78 Å². The molecule has 1 aromatic carbocycles. The third-order valence-corrected chi connectivity index (χ3v) is 2.05. The third kappa shape index (κ3) is 2.02. The van der Waals surface area contributed by atoms with Gasteiger partial charge in [0.2, 0.25) is 0 Å². The number of nitrogens with one attached hydrogen (secondary N) is 1. The van der Waals surface area contributed by atoms with Crippen LogP contribution < -0.4 is 0 Å². The fraction of sp³-hybridized carbons (Fsp3) is 0.273. The molecule has 0 fully saturated rings. The van der Waals surface area contributed by atoms with Crippen LogP contribution in [0, 0.1) is 12.3 Å². The van der Waals surface area contributed by atoms with Gasteiger partial charge >= 0.3 is 0 Å². The summed E-state index contributed by atoms with van der Waals surface area (Å²) in [6.07, 6.45) is 0. The van der Waals surface area contributed by atoms with Gasteiger partial charge in [0.25, 0.3) is 0 Å². The average Bonchev–Trinajstić information content (AvgIpc) is 2.04. The molecule has 2 nitrogen and oxygen atoms in total. The maximum atomic E-state index is 11.2. The molecular weight excluding hydrogens is 162 g/mol. The maximum absolute atomic E-state index is 11.2. The smallest absolute Gasteiger partial charge is 0.160 e. The molecule has 0 aliphatic heterocycles. The van der Waals surface area contributed by atoms with Crippen LogP contribution in [0.3, 0.4) is 0 Å². The van der Waals surface area contributed by atoms with Gasteiger partial charge in [0, 0.05) is 11.3 Å². The Balaban J connectivity index is 3.27. The van der Waals surface area contributed by atoms with Crippen molar-refractivity contribution < 1.29 is 4.79 Å². The highest BCUT2D eigenvalue weighted by molar-refractivity contribution is 6.01. The minimum absolute atomic E-state index is 0.0561. The summed E-state index contributed by atoms with van der Waals surface area (Å²) in [5.41, 5.74) is 2.99. The molecule has 0 saturated heterocycles. The minimum Gasteiger partial charge on any atom is -0.305 e. The summed E-state index contributed by atoms with van der Waals surface area (Å²) >= 11 is 0. The van der Waals surface area contributed by atoms with Crippen LogP contribution in [0.1, 0.15) is 35.3 Å². The van der Waals surface area contributed by atoms with Crippen molar-refractivity contribution >= 4 is 11.5 Å². The van der Waals surface area contributed by atoms with Crippen molar-refractivity contribution in [2.75, 3.05) is 0 Å². The Hall–Kier alpha value is -1.44. The van der Waals surface area contributed by atoms with Crippen LogP contribution in [-0.2, 0) is 0 Å². The van der Waals surface area contributed by atoms with Crippen LogP contribution in [0.2, 0.25) is 0 Å². The predicted molar refractivity (Wildman–Crippen MR) is 53.7 cm³/mol. The Morgan fingerprint density at radius 1 is 1.31 bits per heavy atom. The highest BCUT2D eigenvalue weighted by atomic mass is 16.1. The molecular formula is C11H13NO. The second-order valence-electron chi connectivity index (χ2n) is 3.21. The fourth-order valence-electron chi connectivity index (χ4n) is 1.23. The Labute approximate surface area is 78.1 Å². The van der Waals surface area contributed by atoms with E-state index < -0.39 is 0 Å². The van der Waals surface area contributed by atoms with E-state index in [9.17, 15) is 4.79 Å². The van der Waals surface area contributed by atoms with E-state index >= 15 is 0 Å². The van der Waals surface area contributed by atoms with Gasteiger partial charge < -0.3 is 5.41 Å². The van der Waals surface area contributed by atoms with E-state index in [-0.39, 0.29) is 5.78 Å². The van der Waals surface area contributed by atoms with Gasteiger partial charge in [-0.15, -0.1) is 0 Å². The van der Waals surface area contributed by atoms with Gasteiger partial charge in [-0.05, 0) is 38.0 Å². The molecule has 0 aromatic heterocycles. The Morgan fingerprint density at radius 2 is 1.92 bits per heavy atom. The zero-order chi connectivity index (χ0) is 10.0. The van der Waals surface area contributed by atoms with Crippen molar-refractivity contribution in [3.05, 3.63) is 34.9 Å². The zero-order valence-electron chi connectivity index (χ0n) is 8.14. The zero-order valence-corrected chi connectivity index (χ0v) is 8.14. The van der Waals surface area contributed by atoms with Gasteiger partial charge in [-0.2, -0.15) is 0 Å². The lowest BCUT2D eigenvalue weighted by molar-refractivity contribution is 0.101. The van der Waals surface area contributed by atoms with Gasteiger partial charge in [-0.3, -0.25) is 4.79 Å². The normalized spacial score (nSPS) is 9.77. The van der Waals surface area contributed by atoms with Crippen molar-refractivity contribution in [2.24, 2.45) is 0 Å². The molecule has 0 aliphatic carbocycles. The topological polar surface area (TPSA) is 40.9 Å². The maximum Gasteiger partial charge on any atom is 0.160 e. The Morgan fingerprint density at radius 3 is 2.38 bits per heavy atom. The van der Waals surface area contributed by atoms with Crippen molar-refractivity contribution in [1.82, 2.24) is 0 Å². The summed E-state index contributed by atoms with van der Waals surface area (Å²) in [6.45, 7) is 5.17. The summed E-state index contributed by atoms with van der Waals surface area (Å²) in [7, 11) is 0. The second kappa shape index (κ2) is 3.52. The van der Waals surface area contributed by atoms with Crippen molar-refractivity contribution in [1.29, 1.82) is 5.41 Å². The molecule has 68 valence electrons. The minimum atomic E-state index is 0.0561. The number of hydrogen-bond acceptors (Lipinski definition) is 2. The quantitative estimate of drug-likeness (QED) is 0.544. The third-order valence-electron chi connectivity index (χ3n) is 2.05. The number of hydrogen-bond donors (Lipinski definition) is 1. The predicted octanol–water partition coefficient (Wildman–Crippen LogP) is 2.59. The number of carbonyl (C=O) groups is 1. The van der Waals surface area contributed by atoms with Crippen LogP contribution in [0.25, 0.3) is 0 Å². The lowest BCUT2D eigenvalue weighted by atomic mass is 10.0. The SMILES string of the molecule is CC(=N)c1ccc(C)c(C(C)=O)c1. The van der Waals surface area contributed by atoms with E-state index in [0.29, 0.717) is 11.3 Å². The van der Waals surface area contributed by atoms with E-state index in [4.69, 9.17) is 5.41 Å². The summed E-state index contributed by atoms with van der Waals surface area (Å²) in [4.78, 5) is 11.2. The molecule has 0 bridgehead atoms. The van der Waals surface area contributed by atoms with E-state index in [1.165, 1.54) is 0 Å². The van der Waals surface area contributed by atoms with Gasteiger partial charge in [0.05, 0.1) is 0 Å². The highest BCUT2D eigenvalue weighted by Gasteiger charge is 2.05. The largest absolute Gasteiger partial charge is 0.305 e. The van der Waals surface area contributed by atoms with Gasteiger partial charge in [0.1, 0.15) is 0 Å². The first kappa shape index (κ1) is 9.65. The first-order chi connectivity index (χ1) is 6.02. The number of Topliss-reactive ketones (excluding diaryl/α,β-unsaturated/α-hetero) is 1. The van der Waals surface area contributed by atoms with Crippen LogP contribution in [0.15, 0.2) is 18.2 Å². The molecule has 0 unspecified atom stereocenters. The molecule has 0 spiro atoms. The molecule has 2 heteroatoms. The van der Waals surface area contributed by atoms with Crippen molar-refractivity contribution in [3.8, 4) is 0 Å². The van der Waals surface area contributed by atoms with Crippen LogP contribution in [-0.4, -0.2) is 11.5 Å². The number of carbonyl (C=O) groups excluding carboxylic acids is 1. The number of ketones is 1. The lowest BCUT2D eigenvalue weighted by Crippen LogP contribution is -2.00. The van der Waals surface area contributed by atoms with Crippen LogP contribution >= 0.6 is 0 Å². The number of benzene rings is 1. The van der Waals surface area contributed by atoms with Crippen LogP contribution in [0.4, 0.5) is 0 Å². The van der Waals surface area contributed by atoms with E-state index in [1.54, 1.807) is 19.9 Å². The number of rotatable bonds is 2. The standard InChI is InChI=1S/C11H13NO/c1-7-4-5-10(8(2)12)6-11(7)9(3)13/h4-6,12H,1-3H3. The summed E-state index contributed by atoms with van der Waals surface area (Å²) in [6, 6.07) is 5.52. The van der Waals surface area contributed by atoms with Gasteiger partial charge in [-0.25, -0.2) is 0 Å². The molecule has 1 N–H and O–H groups in total. The average molecular weight is 175 g/mol. The Kier molecular flexibility index (Phi) is 2.61. The summed E-state index contributed by atoms with van der Waals surface area (Å²) in [5, 5.41) is 7.43. The summed E-state index contributed by atoms with van der Waals surface area (Å²) in [5.74, 6) is 0.0561. The van der Waals surface area contributed by atoms with Crippen molar-refractivity contribution in [2.45, 2.75) is 20.8 Å². The van der Waals surface area contributed by atoms with E-state index in [0.717, 1.165) is 11.1 Å².